The first-order valence-electron chi connectivity index (χ1n) is 6.99. The number of nitrogens with two attached hydrogens (primary N) is 1. The summed E-state index contributed by atoms with van der Waals surface area (Å²) in [6.07, 6.45) is 1.03. The zero-order valence-electron chi connectivity index (χ0n) is 11.6. The maximum Gasteiger partial charge on any atom is 0.253 e. The Bertz CT molecular complexity index is 408. The highest BCUT2D eigenvalue weighted by atomic mass is 16.2. The lowest BCUT2D eigenvalue weighted by Gasteiger charge is -2.34. The molecule has 2 rings (SSSR count). The predicted molar refractivity (Wildman–Crippen MR) is 77.2 cm³/mol. The summed E-state index contributed by atoms with van der Waals surface area (Å²) in [4.78, 5) is 16.6. The molecule has 1 heterocycles. The number of piperazine rings is 1. The fourth-order valence-corrected chi connectivity index (χ4v) is 2.37. The summed E-state index contributed by atoms with van der Waals surface area (Å²) < 4.78 is 0. The van der Waals surface area contributed by atoms with Gasteiger partial charge >= 0.3 is 0 Å². The minimum absolute atomic E-state index is 0.151. The van der Waals surface area contributed by atoms with E-state index in [0.717, 1.165) is 51.3 Å². The van der Waals surface area contributed by atoms with E-state index in [0.29, 0.717) is 0 Å². The molecule has 0 spiro atoms. The van der Waals surface area contributed by atoms with Gasteiger partial charge in [-0.3, -0.25) is 9.69 Å². The third-order valence-electron chi connectivity index (χ3n) is 3.64. The van der Waals surface area contributed by atoms with Gasteiger partial charge in [0.25, 0.3) is 5.91 Å². The molecular formula is C15H23N3O. The second-order valence-corrected chi connectivity index (χ2v) is 5.14. The van der Waals surface area contributed by atoms with Crippen molar-refractivity contribution >= 4 is 5.91 Å². The molecule has 0 aromatic heterocycles. The van der Waals surface area contributed by atoms with Gasteiger partial charge in [0.1, 0.15) is 0 Å². The van der Waals surface area contributed by atoms with Crippen molar-refractivity contribution in [3.63, 3.8) is 0 Å². The molecule has 19 heavy (non-hydrogen) atoms. The number of carbonyl (C=O) groups is 1. The molecule has 1 aromatic carbocycles. The molecule has 4 nitrogen and oxygen atoms in total. The first kappa shape index (κ1) is 14.0. The van der Waals surface area contributed by atoms with E-state index in [1.807, 2.05) is 36.1 Å². The van der Waals surface area contributed by atoms with Crippen molar-refractivity contribution < 1.29 is 4.79 Å². The highest BCUT2D eigenvalue weighted by molar-refractivity contribution is 5.94. The molecule has 1 aliphatic heterocycles. The Labute approximate surface area is 115 Å². The largest absolute Gasteiger partial charge is 0.336 e. The summed E-state index contributed by atoms with van der Waals surface area (Å²) in [5.74, 6) is 0.151. The standard InChI is InChI=1S/C15H23N3O/c1-13-3-5-14(6-4-13)15(19)18-11-9-17(10-12-18)8-2-7-16/h3-6H,2,7-12,16H2,1H3. The van der Waals surface area contributed by atoms with Crippen LogP contribution in [0.15, 0.2) is 24.3 Å². The topological polar surface area (TPSA) is 49.6 Å². The van der Waals surface area contributed by atoms with Gasteiger partial charge in [-0.05, 0) is 38.6 Å². The van der Waals surface area contributed by atoms with Crippen LogP contribution in [0.1, 0.15) is 22.3 Å². The number of hydrogen-bond acceptors (Lipinski definition) is 3. The van der Waals surface area contributed by atoms with E-state index >= 15 is 0 Å². The molecule has 2 N–H and O–H groups in total. The molecule has 0 aliphatic carbocycles. The maximum absolute atomic E-state index is 12.3. The second kappa shape index (κ2) is 6.68. The minimum atomic E-state index is 0.151. The third-order valence-corrected chi connectivity index (χ3v) is 3.64. The number of amides is 1. The number of aryl methyl sites for hydroxylation is 1. The predicted octanol–water partition coefficient (Wildman–Crippen LogP) is 1.10. The SMILES string of the molecule is Cc1ccc(C(=O)N2CCN(CCCN)CC2)cc1. The number of rotatable bonds is 4. The molecule has 1 aromatic rings. The summed E-state index contributed by atoms with van der Waals surface area (Å²) in [5, 5.41) is 0. The van der Waals surface area contributed by atoms with E-state index < -0.39 is 0 Å². The monoisotopic (exact) mass is 261 g/mol. The average molecular weight is 261 g/mol. The van der Waals surface area contributed by atoms with E-state index in [-0.39, 0.29) is 5.91 Å². The average Bonchev–Trinajstić information content (AvgIpc) is 2.46. The van der Waals surface area contributed by atoms with E-state index in [2.05, 4.69) is 4.90 Å². The Hall–Kier alpha value is -1.39. The number of carbonyl (C=O) groups excluding carboxylic acids is 1. The Balaban J connectivity index is 1.87. The van der Waals surface area contributed by atoms with Gasteiger partial charge in [-0.1, -0.05) is 17.7 Å². The zero-order chi connectivity index (χ0) is 13.7. The summed E-state index contributed by atoms with van der Waals surface area (Å²) in [6.45, 7) is 7.36. The van der Waals surface area contributed by atoms with E-state index in [1.54, 1.807) is 0 Å². The van der Waals surface area contributed by atoms with E-state index in [9.17, 15) is 4.79 Å². The zero-order valence-corrected chi connectivity index (χ0v) is 11.6. The van der Waals surface area contributed by atoms with Crippen molar-refractivity contribution in [1.29, 1.82) is 0 Å². The van der Waals surface area contributed by atoms with Crippen molar-refractivity contribution in [2.24, 2.45) is 5.73 Å². The van der Waals surface area contributed by atoms with Gasteiger partial charge in [-0.15, -0.1) is 0 Å². The van der Waals surface area contributed by atoms with E-state index in [1.165, 1.54) is 5.56 Å². The van der Waals surface area contributed by atoms with Crippen LogP contribution in [0.5, 0.6) is 0 Å². The Morgan fingerprint density at radius 2 is 1.79 bits per heavy atom. The van der Waals surface area contributed by atoms with Gasteiger partial charge in [-0.25, -0.2) is 0 Å². The van der Waals surface area contributed by atoms with E-state index in [4.69, 9.17) is 5.73 Å². The van der Waals surface area contributed by atoms with Crippen molar-refractivity contribution in [3.8, 4) is 0 Å². The van der Waals surface area contributed by atoms with Crippen LogP contribution in [0.25, 0.3) is 0 Å². The molecule has 0 saturated carbocycles. The summed E-state index contributed by atoms with van der Waals surface area (Å²) >= 11 is 0. The van der Waals surface area contributed by atoms with Gasteiger partial charge in [-0.2, -0.15) is 0 Å². The molecule has 4 heteroatoms. The van der Waals surface area contributed by atoms with Crippen LogP contribution in [0, 0.1) is 6.92 Å². The first-order valence-corrected chi connectivity index (χ1v) is 6.99. The van der Waals surface area contributed by atoms with Crippen molar-refractivity contribution in [3.05, 3.63) is 35.4 Å². The van der Waals surface area contributed by atoms with Crippen molar-refractivity contribution in [1.82, 2.24) is 9.80 Å². The van der Waals surface area contributed by atoms with Crippen LogP contribution in [0.2, 0.25) is 0 Å². The molecular weight excluding hydrogens is 238 g/mol. The molecule has 1 amide bonds. The molecule has 104 valence electrons. The van der Waals surface area contributed by atoms with Gasteiger partial charge in [0, 0.05) is 31.7 Å². The van der Waals surface area contributed by atoms with Crippen LogP contribution in [-0.4, -0.2) is 55.0 Å². The molecule has 1 aliphatic rings. The van der Waals surface area contributed by atoms with Crippen LogP contribution in [0.3, 0.4) is 0 Å². The van der Waals surface area contributed by atoms with Gasteiger partial charge in [0.15, 0.2) is 0 Å². The van der Waals surface area contributed by atoms with Crippen LogP contribution >= 0.6 is 0 Å². The summed E-state index contributed by atoms with van der Waals surface area (Å²) in [5.41, 5.74) is 7.49. The van der Waals surface area contributed by atoms with Crippen molar-refractivity contribution in [2.75, 3.05) is 39.3 Å². The second-order valence-electron chi connectivity index (χ2n) is 5.14. The molecule has 0 radical (unpaired) electrons. The van der Waals surface area contributed by atoms with Gasteiger partial charge in [0.2, 0.25) is 0 Å². The molecule has 0 bridgehead atoms. The fourth-order valence-electron chi connectivity index (χ4n) is 2.37. The normalized spacial score (nSPS) is 16.6. The van der Waals surface area contributed by atoms with Gasteiger partial charge < -0.3 is 10.6 Å². The summed E-state index contributed by atoms with van der Waals surface area (Å²) in [6, 6.07) is 7.81. The highest BCUT2D eigenvalue weighted by Crippen LogP contribution is 2.10. The van der Waals surface area contributed by atoms with Gasteiger partial charge in [0.05, 0.1) is 0 Å². The minimum Gasteiger partial charge on any atom is -0.336 e. The third kappa shape index (κ3) is 3.78. The Morgan fingerprint density at radius 3 is 2.37 bits per heavy atom. The lowest BCUT2D eigenvalue weighted by atomic mass is 10.1. The first-order chi connectivity index (χ1) is 9.20. The Kier molecular flexibility index (Phi) is 4.93. The fraction of sp³-hybridized carbons (Fsp3) is 0.533. The number of benzene rings is 1. The Morgan fingerprint density at radius 1 is 1.16 bits per heavy atom. The number of nitrogens with zero attached hydrogens (tertiary/aromatic N) is 2. The van der Waals surface area contributed by atoms with Crippen LogP contribution in [0.4, 0.5) is 0 Å². The number of hydrogen-bond donors (Lipinski definition) is 1. The lowest BCUT2D eigenvalue weighted by molar-refractivity contribution is 0.0636. The smallest absolute Gasteiger partial charge is 0.253 e. The lowest BCUT2D eigenvalue weighted by Crippen LogP contribution is -2.49. The van der Waals surface area contributed by atoms with Crippen molar-refractivity contribution in [2.45, 2.75) is 13.3 Å². The highest BCUT2D eigenvalue weighted by Gasteiger charge is 2.21. The quantitative estimate of drug-likeness (QED) is 0.883. The molecule has 1 fully saturated rings. The van der Waals surface area contributed by atoms with Crippen LogP contribution < -0.4 is 5.73 Å². The van der Waals surface area contributed by atoms with Crippen LogP contribution in [-0.2, 0) is 0 Å². The molecule has 0 atom stereocenters. The molecule has 1 saturated heterocycles. The molecule has 0 unspecified atom stereocenters. The maximum atomic E-state index is 12.3. The summed E-state index contributed by atoms with van der Waals surface area (Å²) in [7, 11) is 0.